The number of amides is 2. The summed E-state index contributed by atoms with van der Waals surface area (Å²) >= 11 is 23.5. The second-order valence-electron chi connectivity index (χ2n) is 6.20. The van der Waals surface area contributed by atoms with Gasteiger partial charge in [0.2, 0.25) is 3.79 Å². The summed E-state index contributed by atoms with van der Waals surface area (Å²) in [6.45, 7) is 0. The van der Waals surface area contributed by atoms with Gasteiger partial charge in [0.1, 0.15) is 17.3 Å². The molecule has 12 heteroatoms. The molecule has 0 unspecified atom stereocenters. The zero-order valence-corrected chi connectivity index (χ0v) is 18.7. The van der Waals surface area contributed by atoms with Crippen LogP contribution in [0.5, 0.6) is 11.5 Å². The summed E-state index contributed by atoms with van der Waals surface area (Å²) < 4.78 is 18.1. The van der Waals surface area contributed by atoms with Gasteiger partial charge in [-0.1, -0.05) is 46.4 Å². The molecule has 7 nitrogen and oxygen atoms in total. The van der Waals surface area contributed by atoms with Crippen LogP contribution in [0.25, 0.3) is 0 Å². The molecule has 3 rings (SSSR count). The molecule has 3 aromatic rings. The van der Waals surface area contributed by atoms with Gasteiger partial charge in [-0.15, -0.1) is 0 Å². The molecular formula is C20H12Cl4FN3O4. The van der Waals surface area contributed by atoms with Crippen LogP contribution in [0.1, 0.15) is 16.1 Å². The van der Waals surface area contributed by atoms with Crippen LogP contribution < -0.4 is 15.4 Å². The van der Waals surface area contributed by atoms with Gasteiger partial charge in [-0.3, -0.25) is 0 Å². The number of anilines is 2. The third-order valence-electron chi connectivity index (χ3n) is 3.90. The Hall–Kier alpha value is -2.78. The highest BCUT2D eigenvalue weighted by atomic mass is 35.6. The first kappa shape index (κ1) is 23.9. The molecule has 0 spiro atoms. The molecule has 0 radical (unpaired) electrons. The third-order valence-corrected chi connectivity index (χ3v) is 4.84. The van der Waals surface area contributed by atoms with Gasteiger partial charge in [-0.2, -0.15) is 0 Å². The lowest BCUT2D eigenvalue weighted by Gasteiger charge is -2.15. The zero-order chi connectivity index (χ0) is 23.5. The quantitative estimate of drug-likeness (QED) is 0.321. The van der Waals surface area contributed by atoms with Crippen LogP contribution in [0.3, 0.4) is 0 Å². The molecule has 0 atom stereocenters. The number of rotatable bonds is 5. The highest BCUT2D eigenvalue weighted by Gasteiger charge is 2.26. The Morgan fingerprint density at radius 2 is 1.72 bits per heavy atom. The molecule has 0 bridgehead atoms. The van der Waals surface area contributed by atoms with Gasteiger partial charge in [0, 0.05) is 34.6 Å². The van der Waals surface area contributed by atoms with Crippen molar-refractivity contribution in [2.45, 2.75) is 3.79 Å². The number of aromatic nitrogens is 1. The minimum absolute atomic E-state index is 0.0843. The second kappa shape index (κ2) is 9.79. The largest absolute Gasteiger partial charge is 0.477 e. The van der Waals surface area contributed by atoms with Gasteiger partial charge < -0.3 is 20.5 Å². The fraction of sp³-hybridized carbons (Fsp3) is 0.0500. The summed E-state index contributed by atoms with van der Waals surface area (Å²) in [6.07, 6.45) is 1.25. The van der Waals surface area contributed by atoms with E-state index in [0.29, 0.717) is 0 Å². The highest BCUT2D eigenvalue weighted by Crippen LogP contribution is 2.42. The number of carbonyl (C=O) groups is 2. The number of hydrogen-bond acceptors (Lipinski definition) is 4. The van der Waals surface area contributed by atoms with Gasteiger partial charge >= 0.3 is 12.0 Å². The third kappa shape index (κ3) is 6.14. The first-order valence-corrected chi connectivity index (χ1v) is 10.2. The molecule has 0 aliphatic rings. The molecule has 2 aromatic carbocycles. The van der Waals surface area contributed by atoms with Crippen molar-refractivity contribution in [1.29, 1.82) is 0 Å². The molecule has 0 aliphatic heterocycles. The lowest BCUT2D eigenvalue weighted by Crippen LogP contribution is -2.20. The van der Waals surface area contributed by atoms with Crippen molar-refractivity contribution < 1.29 is 23.8 Å². The predicted octanol–water partition coefficient (Wildman–Crippen LogP) is 6.84. The van der Waals surface area contributed by atoms with Crippen molar-refractivity contribution in [3.05, 3.63) is 76.8 Å². The number of carbonyl (C=O) groups excluding carboxylic acids is 1. The van der Waals surface area contributed by atoms with Gasteiger partial charge in [-0.05, 0) is 36.4 Å². The molecule has 32 heavy (non-hydrogen) atoms. The molecule has 0 aliphatic carbocycles. The molecule has 0 fully saturated rings. The van der Waals surface area contributed by atoms with Crippen LogP contribution in [0.2, 0.25) is 5.02 Å². The van der Waals surface area contributed by atoms with E-state index in [2.05, 4.69) is 15.6 Å². The van der Waals surface area contributed by atoms with Crippen LogP contribution in [0, 0.1) is 5.82 Å². The highest BCUT2D eigenvalue weighted by molar-refractivity contribution is 6.67. The van der Waals surface area contributed by atoms with E-state index < -0.39 is 21.6 Å². The van der Waals surface area contributed by atoms with Crippen LogP contribution in [0.15, 0.2) is 54.7 Å². The molecule has 1 heterocycles. The Labute approximate surface area is 201 Å². The van der Waals surface area contributed by atoms with Crippen molar-refractivity contribution in [3.63, 3.8) is 0 Å². The number of hydrogen-bond donors (Lipinski definition) is 3. The number of carboxylic acids is 1. The van der Waals surface area contributed by atoms with E-state index in [1.54, 1.807) is 0 Å². The summed E-state index contributed by atoms with van der Waals surface area (Å²) in [5, 5.41) is 14.0. The lowest BCUT2D eigenvalue weighted by molar-refractivity contribution is 0.0690. The lowest BCUT2D eigenvalue weighted by atomic mass is 10.2. The smallest absolute Gasteiger partial charge is 0.354 e. The summed E-state index contributed by atoms with van der Waals surface area (Å²) in [4.78, 5) is 26.9. The number of ether oxygens (including phenoxy) is 1. The normalized spacial score (nSPS) is 11.0. The van der Waals surface area contributed by atoms with E-state index in [1.807, 2.05) is 0 Å². The Bertz CT molecular complexity index is 1190. The van der Waals surface area contributed by atoms with Crippen LogP contribution in [-0.2, 0) is 3.79 Å². The molecule has 0 saturated carbocycles. The maximum Gasteiger partial charge on any atom is 0.354 e. The van der Waals surface area contributed by atoms with Gasteiger partial charge in [-0.25, -0.2) is 19.0 Å². The maximum absolute atomic E-state index is 14.4. The van der Waals surface area contributed by atoms with Crippen molar-refractivity contribution in [3.8, 4) is 11.5 Å². The second-order valence-corrected chi connectivity index (χ2v) is 8.89. The number of nitrogens with one attached hydrogen (secondary N) is 2. The number of aromatic carboxylic acids is 1. The van der Waals surface area contributed by atoms with Crippen molar-refractivity contribution in [1.82, 2.24) is 4.98 Å². The van der Waals surface area contributed by atoms with Crippen molar-refractivity contribution >= 4 is 69.8 Å². The average molecular weight is 519 g/mol. The summed E-state index contributed by atoms with van der Waals surface area (Å²) in [7, 11) is 0. The molecule has 3 N–H and O–H groups in total. The number of carboxylic acid groups (broad SMARTS) is 1. The number of pyridine rings is 1. The fourth-order valence-electron chi connectivity index (χ4n) is 2.49. The van der Waals surface area contributed by atoms with Crippen molar-refractivity contribution in [2.75, 3.05) is 10.6 Å². The Morgan fingerprint density at radius 3 is 2.38 bits per heavy atom. The zero-order valence-electron chi connectivity index (χ0n) is 15.7. The van der Waals surface area contributed by atoms with E-state index in [-0.39, 0.29) is 39.2 Å². The van der Waals surface area contributed by atoms with E-state index in [0.717, 1.165) is 6.07 Å². The van der Waals surface area contributed by atoms with Crippen LogP contribution >= 0.6 is 46.4 Å². The van der Waals surface area contributed by atoms with Gasteiger partial charge in [0.15, 0.2) is 5.69 Å². The number of alkyl halides is 3. The van der Waals surface area contributed by atoms with E-state index in [1.165, 1.54) is 48.7 Å². The SMILES string of the molecule is O=C(Nc1ccc(Cl)c(C(Cl)(Cl)Cl)c1)Nc1ccc(Oc2ccnc(C(=O)O)c2)cc1F. The summed E-state index contributed by atoms with van der Waals surface area (Å²) in [5.41, 5.74) is 0.0710. The maximum atomic E-state index is 14.4. The van der Waals surface area contributed by atoms with Gasteiger partial charge in [0.25, 0.3) is 0 Å². The standard InChI is InChI=1S/C20H12Cl4FN3O4/c21-14-3-1-10(7-13(14)20(22,23)24)27-19(31)28-16-4-2-11(8-15(16)25)32-12-5-6-26-17(9-12)18(29)30/h1-9H,(H,29,30)(H2,27,28,31). The van der Waals surface area contributed by atoms with Crippen LogP contribution in [0.4, 0.5) is 20.6 Å². The number of halogens is 5. The first-order valence-electron chi connectivity index (χ1n) is 8.64. The monoisotopic (exact) mass is 517 g/mol. The van der Waals surface area contributed by atoms with Crippen LogP contribution in [-0.4, -0.2) is 22.1 Å². The predicted molar refractivity (Wildman–Crippen MR) is 121 cm³/mol. The fourth-order valence-corrected chi connectivity index (χ4v) is 3.37. The minimum Gasteiger partial charge on any atom is -0.477 e. The summed E-state index contributed by atoms with van der Waals surface area (Å²) in [6, 6.07) is 9.85. The molecule has 2 amide bonds. The molecule has 1 aromatic heterocycles. The number of urea groups is 1. The first-order chi connectivity index (χ1) is 15.0. The van der Waals surface area contributed by atoms with Gasteiger partial charge in [0.05, 0.1) is 5.69 Å². The molecule has 0 saturated heterocycles. The van der Waals surface area contributed by atoms with Crippen molar-refractivity contribution in [2.24, 2.45) is 0 Å². The van der Waals surface area contributed by atoms with E-state index in [9.17, 15) is 14.0 Å². The Balaban J connectivity index is 1.69. The van der Waals surface area contributed by atoms with E-state index in [4.69, 9.17) is 56.2 Å². The topological polar surface area (TPSA) is 101 Å². The molecular weight excluding hydrogens is 507 g/mol. The minimum atomic E-state index is -1.80. The number of benzene rings is 2. The number of nitrogens with zero attached hydrogens (tertiary/aromatic N) is 1. The molecule has 166 valence electrons. The average Bonchev–Trinajstić information content (AvgIpc) is 2.71. The van der Waals surface area contributed by atoms with E-state index >= 15 is 0 Å². The summed E-state index contributed by atoms with van der Waals surface area (Å²) in [5.74, 6) is -1.78. The Morgan fingerprint density at radius 1 is 1.00 bits per heavy atom. The Kier molecular flexibility index (Phi) is 7.30.